The van der Waals surface area contributed by atoms with Crippen molar-refractivity contribution in [2.24, 2.45) is 7.05 Å². The van der Waals surface area contributed by atoms with Crippen molar-refractivity contribution >= 4 is 30.7 Å². The third kappa shape index (κ3) is 3.09. The summed E-state index contributed by atoms with van der Waals surface area (Å²) in [7, 11) is 1.48. The number of hydrogen-bond acceptors (Lipinski definition) is 4. The van der Waals surface area contributed by atoms with Crippen molar-refractivity contribution in [1.82, 2.24) is 14.5 Å². The van der Waals surface area contributed by atoms with Crippen molar-refractivity contribution in [2.45, 2.75) is 19.6 Å². The lowest BCUT2D eigenvalue weighted by Gasteiger charge is -2.11. The van der Waals surface area contributed by atoms with Crippen molar-refractivity contribution in [3.8, 4) is 17.2 Å². The first kappa shape index (κ1) is 15.5. The minimum atomic E-state index is -1.61. The Bertz CT molecular complexity index is 828. The summed E-state index contributed by atoms with van der Waals surface area (Å²) >= 11 is 5.88. The zero-order chi connectivity index (χ0) is 15.8. The molecule has 0 aliphatic heterocycles. The van der Waals surface area contributed by atoms with Gasteiger partial charge in [-0.15, -0.1) is 5.54 Å². The van der Waals surface area contributed by atoms with Crippen LogP contribution in [-0.4, -0.2) is 29.7 Å². The lowest BCUT2D eigenvalue weighted by atomic mass is 10.2. The van der Waals surface area contributed by atoms with Gasteiger partial charge >= 0.3 is 0 Å². The van der Waals surface area contributed by atoms with Gasteiger partial charge in [-0.3, -0.25) is 4.79 Å². The molecule has 0 atom stereocenters. The maximum atomic E-state index is 12.3. The predicted octanol–water partition coefficient (Wildman–Crippen LogP) is 2.22. The van der Waals surface area contributed by atoms with E-state index in [4.69, 9.17) is 16.3 Å². The Balaban J connectivity index is 2.94. The van der Waals surface area contributed by atoms with E-state index in [0.29, 0.717) is 16.6 Å². The van der Waals surface area contributed by atoms with Crippen LogP contribution in [0.4, 0.5) is 0 Å². The molecule has 0 radical (unpaired) electrons. The van der Waals surface area contributed by atoms with Gasteiger partial charge in [0.1, 0.15) is 13.6 Å². The molecule has 0 N–H and O–H groups in total. The van der Waals surface area contributed by atoms with E-state index in [2.05, 4.69) is 41.1 Å². The van der Waals surface area contributed by atoms with Crippen molar-refractivity contribution in [1.29, 1.82) is 0 Å². The van der Waals surface area contributed by atoms with Crippen LogP contribution in [0, 0.1) is 11.5 Å². The second-order valence-electron chi connectivity index (χ2n) is 5.65. The Morgan fingerprint density at radius 3 is 2.62 bits per heavy atom. The van der Waals surface area contributed by atoms with Gasteiger partial charge in [0.2, 0.25) is 11.0 Å². The lowest BCUT2D eigenvalue weighted by molar-refractivity contribution is 0.405. The zero-order valence-corrected chi connectivity index (χ0v) is 14.4. The number of ether oxygens (including phenoxy) is 1. The van der Waals surface area contributed by atoms with Gasteiger partial charge < -0.3 is 9.30 Å². The summed E-state index contributed by atoms with van der Waals surface area (Å²) in [6.07, 6.45) is 1.52. The van der Waals surface area contributed by atoms with Crippen LogP contribution < -0.4 is 10.3 Å². The van der Waals surface area contributed by atoms with Gasteiger partial charge in [0, 0.05) is 7.05 Å². The van der Waals surface area contributed by atoms with Crippen LogP contribution in [0.2, 0.25) is 24.9 Å². The largest absolute Gasteiger partial charge is 0.490 e. The topological polar surface area (TPSA) is 57.0 Å². The quantitative estimate of drug-likeness (QED) is 0.459. The number of rotatable bonds is 1. The fourth-order valence-electron chi connectivity index (χ4n) is 1.81. The van der Waals surface area contributed by atoms with Crippen LogP contribution >= 0.6 is 11.6 Å². The molecule has 0 aromatic carbocycles. The van der Waals surface area contributed by atoms with E-state index in [1.165, 1.54) is 17.9 Å². The molecule has 0 saturated carbocycles. The molecule has 21 heavy (non-hydrogen) atoms. The molecule has 7 heteroatoms. The summed E-state index contributed by atoms with van der Waals surface area (Å²) in [4.78, 5) is 20.5. The maximum absolute atomic E-state index is 12.3. The van der Waals surface area contributed by atoms with Gasteiger partial charge in [-0.1, -0.05) is 25.6 Å². The van der Waals surface area contributed by atoms with E-state index < -0.39 is 8.07 Å². The lowest BCUT2D eigenvalue weighted by Crippen LogP contribution is -2.21. The van der Waals surface area contributed by atoms with Gasteiger partial charge in [0.05, 0.1) is 24.4 Å². The van der Waals surface area contributed by atoms with Gasteiger partial charge in [0.15, 0.2) is 0 Å². The highest BCUT2D eigenvalue weighted by atomic mass is 35.5. The highest BCUT2D eigenvalue weighted by Gasteiger charge is 2.17. The smallest absolute Gasteiger partial charge is 0.294 e. The molecule has 0 saturated heterocycles. The van der Waals surface area contributed by atoms with E-state index in [0.717, 1.165) is 0 Å². The SMILES string of the molecule is COc1c(C#C[Si](C)(C)C)c2nc(Cl)ncc2n(C)c1=O. The first-order valence-corrected chi connectivity index (χ1v) is 10.2. The van der Waals surface area contributed by atoms with Crippen LogP contribution in [-0.2, 0) is 7.05 Å². The molecule has 5 nitrogen and oxygen atoms in total. The van der Waals surface area contributed by atoms with E-state index in [1.807, 2.05) is 0 Å². The first-order chi connectivity index (χ1) is 9.74. The Kier molecular flexibility index (Phi) is 4.08. The summed E-state index contributed by atoms with van der Waals surface area (Å²) in [6, 6.07) is 0. The fraction of sp³-hybridized carbons (Fsp3) is 0.357. The zero-order valence-electron chi connectivity index (χ0n) is 12.6. The Labute approximate surface area is 128 Å². The van der Waals surface area contributed by atoms with Crippen molar-refractivity contribution in [2.75, 3.05) is 7.11 Å². The van der Waals surface area contributed by atoms with E-state index in [-0.39, 0.29) is 16.6 Å². The van der Waals surface area contributed by atoms with E-state index in [1.54, 1.807) is 7.05 Å². The molecule has 0 spiro atoms. The minimum Gasteiger partial charge on any atom is -0.490 e. The predicted molar refractivity (Wildman–Crippen MR) is 86.6 cm³/mol. The molecule has 0 bridgehead atoms. The fourth-order valence-corrected chi connectivity index (χ4v) is 2.45. The average Bonchev–Trinajstić information content (AvgIpc) is 2.40. The second kappa shape index (κ2) is 5.51. The Morgan fingerprint density at radius 2 is 2.05 bits per heavy atom. The van der Waals surface area contributed by atoms with Crippen LogP contribution in [0.1, 0.15) is 5.56 Å². The molecule has 0 amide bonds. The number of aromatic nitrogens is 3. The van der Waals surface area contributed by atoms with Gasteiger partial charge in [-0.25, -0.2) is 9.97 Å². The molecule has 0 fully saturated rings. The molecule has 2 rings (SSSR count). The first-order valence-electron chi connectivity index (χ1n) is 6.37. The molecule has 2 aromatic heterocycles. The molecular weight excluding hydrogens is 306 g/mol. The normalized spacial score (nSPS) is 11.1. The van der Waals surface area contributed by atoms with Crippen LogP contribution in [0.25, 0.3) is 11.0 Å². The third-order valence-electron chi connectivity index (χ3n) is 2.83. The minimum absolute atomic E-state index is 0.110. The van der Waals surface area contributed by atoms with E-state index >= 15 is 0 Å². The Hall–Kier alpha value is -1.84. The summed E-state index contributed by atoms with van der Waals surface area (Å²) in [6.45, 7) is 6.37. The molecule has 0 aliphatic rings. The van der Waals surface area contributed by atoms with Gasteiger partial charge in [-0.05, 0) is 11.6 Å². The maximum Gasteiger partial charge on any atom is 0.294 e. The second-order valence-corrected chi connectivity index (χ2v) is 10.7. The van der Waals surface area contributed by atoms with Crippen molar-refractivity contribution in [3.63, 3.8) is 0 Å². The number of nitrogens with zero attached hydrogens (tertiary/aromatic N) is 3. The summed E-state index contributed by atoms with van der Waals surface area (Å²) in [5.41, 5.74) is 4.54. The van der Waals surface area contributed by atoms with Crippen LogP contribution in [0.15, 0.2) is 11.0 Å². The van der Waals surface area contributed by atoms with Crippen LogP contribution in [0.5, 0.6) is 5.75 Å². The van der Waals surface area contributed by atoms with Gasteiger partial charge in [0.25, 0.3) is 5.56 Å². The highest BCUT2D eigenvalue weighted by molar-refractivity contribution is 6.83. The summed E-state index contributed by atoms with van der Waals surface area (Å²) in [5.74, 6) is 3.25. The number of hydrogen-bond donors (Lipinski definition) is 0. The molecule has 2 heterocycles. The molecule has 0 unspecified atom stereocenters. The monoisotopic (exact) mass is 321 g/mol. The molecular formula is C14H16ClN3O2Si. The number of fused-ring (bicyclic) bond motifs is 1. The number of aryl methyl sites for hydroxylation is 1. The van der Waals surface area contributed by atoms with E-state index in [9.17, 15) is 4.79 Å². The number of halogens is 1. The van der Waals surface area contributed by atoms with Crippen molar-refractivity contribution in [3.05, 3.63) is 27.4 Å². The highest BCUT2D eigenvalue weighted by Crippen LogP contribution is 2.22. The molecule has 110 valence electrons. The average molecular weight is 322 g/mol. The van der Waals surface area contributed by atoms with Crippen LogP contribution in [0.3, 0.4) is 0 Å². The number of methoxy groups -OCH3 is 1. The summed E-state index contributed by atoms with van der Waals surface area (Å²) in [5, 5.41) is 0.110. The number of pyridine rings is 1. The molecule has 2 aromatic rings. The third-order valence-corrected chi connectivity index (χ3v) is 3.89. The molecule has 0 aliphatic carbocycles. The van der Waals surface area contributed by atoms with Crippen molar-refractivity contribution < 1.29 is 4.74 Å². The standard InChI is InChI=1S/C14H16ClN3O2Si/c1-18-10-8-16-14(15)17-11(10)9(6-7-21(3,4)5)12(20-2)13(18)19/h8H,1-5H3. The Morgan fingerprint density at radius 1 is 1.38 bits per heavy atom. The summed E-state index contributed by atoms with van der Waals surface area (Å²) < 4.78 is 6.68. The van der Waals surface area contributed by atoms with Gasteiger partial charge in [-0.2, -0.15) is 0 Å².